The zero-order chi connectivity index (χ0) is 16.6. The molecule has 0 bridgehead atoms. The normalized spacial score (nSPS) is 11.7. The highest BCUT2D eigenvalue weighted by Gasteiger charge is 2.21. The molecule has 0 atom stereocenters. The maximum absolute atomic E-state index is 12.5. The molecule has 23 heavy (non-hydrogen) atoms. The lowest BCUT2D eigenvalue weighted by molar-refractivity contribution is 0.0544. The Bertz CT molecular complexity index is 860. The van der Waals surface area contributed by atoms with Gasteiger partial charge in [-0.3, -0.25) is 4.57 Å². The van der Waals surface area contributed by atoms with E-state index in [1.54, 1.807) is 4.57 Å². The van der Waals surface area contributed by atoms with Gasteiger partial charge in [0.25, 0.3) is 0 Å². The van der Waals surface area contributed by atoms with Gasteiger partial charge >= 0.3 is 6.09 Å². The molecule has 0 aliphatic carbocycles. The molecule has 1 heterocycles. The second kappa shape index (κ2) is 6.00. The Kier molecular flexibility index (Phi) is 4.19. The molecule has 3 rings (SSSR count). The summed E-state index contributed by atoms with van der Waals surface area (Å²) in [5.74, 6) is 0. The van der Waals surface area contributed by atoms with Crippen LogP contribution >= 0.6 is 22.6 Å². The summed E-state index contributed by atoms with van der Waals surface area (Å²) in [6.07, 6.45) is 1.49. The Balaban J connectivity index is 2.16. The molecule has 0 spiro atoms. The number of aromatic nitrogens is 1. The standard InChI is InChI=1S/C19H18INO2/c1-19(2,3)23-18(22)21-12-15(20)17-14(10-7-11-16(17)21)13-8-5-4-6-9-13/h4-12H,1-3H3. The summed E-state index contributed by atoms with van der Waals surface area (Å²) in [7, 11) is 0. The number of halogens is 1. The van der Waals surface area contributed by atoms with Gasteiger partial charge in [0, 0.05) is 15.2 Å². The minimum Gasteiger partial charge on any atom is -0.443 e. The van der Waals surface area contributed by atoms with Crippen LogP contribution in [0.4, 0.5) is 4.79 Å². The van der Waals surface area contributed by atoms with Crippen molar-refractivity contribution in [1.82, 2.24) is 4.57 Å². The molecule has 0 radical (unpaired) electrons. The number of carbonyl (C=O) groups is 1. The molecular formula is C19H18INO2. The van der Waals surface area contributed by atoms with Gasteiger partial charge in [-0.25, -0.2) is 4.79 Å². The van der Waals surface area contributed by atoms with Crippen molar-refractivity contribution in [3.8, 4) is 11.1 Å². The summed E-state index contributed by atoms with van der Waals surface area (Å²) in [4.78, 5) is 12.5. The lowest BCUT2D eigenvalue weighted by atomic mass is 10.0. The molecule has 1 aromatic heterocycles. The first-order chi connectivity index (χ1) is 10.9. The van der Waals surface area contributed by atoms with E-state index in [2.05, 4.69) is 40.8 Å². The van der Waals surface area contributed by atoms with Crippen molar-refractivity contribution in [2.45, 2.75) is 26.4 Å². The SMILES string of the molecule is CC(C)(C)OC(=O)n1cc(I)c2c(-c3ccccc3)cccc21. The van der Waals surface area contributed by atoms with Crippen molar-refractivity contribution in [3.05, 3.63) is 58.3 Å². The van der Waals surface area contributed by atoms with Gasteiger partial charge in [-0.05, 0) is 60.6 Å². The minimum atomic E-state index is -0.518. The molecule has 0 saturated carbocycles. The van der Waals surface area contributed by atoms with Gasteiger partial charge in [0.05, 0.1) is 5.52 Å². The number of hydrogen-bond donors (Lipinski definition) is 0. The van der Waals surface area contributed by atoms with E-state index in [0.717, 1.165) is 25.6 Å². The molecule has 0 fully saturated rings. The Hall–Kier alpha value is -1.82. The number of ether oxygens (including phenoxy) is 1. The summed E-state index contributed by atoms with van der Waals surface area (Å²) < 4.78 is 8.13. The zero-order valence-corrected chi connectivity index (χ0v) is 15.5. The van der Waals surface area contributed by atoms with Crippen LogP contribution in [-0.4, -0.2) is 16.3 Å². The zero-order valence-electron chi connectivity index (χ0n) is 13.3. The molecule has 3 nitrogen and oxygen atoms in total. The fraction of sp³-hybridized carbons (Fsp3) is 0.211. The molecule has 4 heteroatoms. The van der Waals surface area contributed by atoms with E-state index >= 15 is 0 Å². The van der Waals surface area contributed by atoms with Crippen molar-refractivity contribution < 1.29 is 9.53 Å². The van der Waals surface area contributed by atoms with Gasteiger partial charge in [-0.2, -0.15) is 0 Å². The fourth-order valence-corrected chi connectivity index (χ4v) is 3.41. The molecule has 3 aromatic rings. The predicted molar refractivity (Wildman–Crippen MR) is 102 cm³/mol. The molecule has 0 aliphatic rings. The van der Waals surface area contributed by atoms with Crippen molar-refractivity contribution in [3.63, 3.8) is 0 Å². The smallest absolute Gasteiger partial charge is 0.419 e. The Morgan fingerprint density at radius 3 is 2.39 bits per heavy atom. The second-order valence-electron chi connectivity index (χ2n) is 6.39. The summed E-state index contributed by atoms with van der Waals surface area (Å²) in [6.45, 7) is 5.62. The van der Waals surface area contributed by atoms with Gasteiger partial charge in [-0.15, -0.1) is 0 Å². The molecular weight excluding hydrogens is 401 g/mol. The molecule has 0 aliphatic heterocycles. The third-order valence-corrected chi connectivity index (χ3v) is 4.28. The first-order valence-corrected chi connectivity index (χ1v) is 8.53. The Labute approximate surface area is 149 Å². The van der Waals surface area contributed by atoms with E-state index in [9.17, 15) is 4.79 Å². The van der Waals surface area contributed by atoms with Crippen LogP contribution in [0.25, 0.3) is 22.0 Å². The number of rotatable bonds is 1. The van der Waals surface area contributed by atoms with Crippen LogP contribution in [-0.2, 0) is 4.74 Å². The molecule has 0 saturated heterocycles. The molecule has 118 valence electrons. The third-order valence-electron chi connectivity index (χ3n) is 3.46. The Morgan fingerprint density at radius 2 is 1.74 bits per heavy atom. The van der Waals surface area contributed by atoms with Crippen LogP contribution in [0.1, 0.15) is 20.8 Å². The van der Waals surface area contributed by atoms with E-state index in [-0.39, 0.29) is 6.09 Å². The first-order valence-electron chi connectivity index (χ1n) is 7.45. The largest absolute Gasteiger partial charge is 0.443 e. The van der Waals surface area contributed by atoms with Crippen molar-refractivity contribution >= 4 is 39.6 Å². The maximum atomic E-state index is 12.5. The van der Waals surface area contributed by atoms with Gasteiger partial charge < -0.3 is 4.74 Å². The molecule has 0 unspecified atom stereocenters. The van der Waals surface area contributed by atoms with E-state index in [4.69, 9.17) is 4.74 Å². The van der Waals surface area contributed by atoms with Gasteiger partial charge in [0.2, 0.25) is 0 Å². The van der Waals surface area contributed by atoms with Gasteiger partial charge in [-0.1, -0.05) is 42.5 Å². The van der Waals surface area contributed by atoms with E-state index in [0.29, 0.717) is 0 Å². The van der Waals surface area contributed by atoms with Gasteiger partial charge in [0.1, 0.15) is 5.60 Å². The van der Waals surface area contributed by atoms with Crippen molar-refractivity contribution in [2.75, 3.05) is 0 Å². The number of carbonyl (C=O) groups excluding carboxylic acids is 1. The number of fused-ring (bicyclic) bond motifs is 1. The summed E-state index contributed by atoms with van der Waals surface area (Å²) >= 11 is 2.27. The highest BCUT2D eigenvalue weighted by atomic mass is 127. The third kappa shape index (κ3) is 3.27. The number of hydrogen-bond acceptors (Lipinski definition) is 2. The van der Waals surface area contributed by atoms with Crippen LogP contribution in [0.3, 0.4) is 0 Å². The van der Waals surface area contributed by atoms with Crippen LogP contribution in [0.15, 0.2) is 54.7 Å². The van der Waals surface area contributed by atoms with Crippen LogP contribution < -0.4 is 0 Å². The highest BCUT2D eigenvalue weighted by Crippen LogP contribution is 2.33. The summed E-state index contributed by atoms with van der Waals surface area (Å²) in [6, 6.07) is 16.2. The monoisotopic (exact) mass is 419 g/mol. The predicted octanol–water partition coefficient (Wildman–Crippen LogP) is 5.70. The topological polar surface area (TPSA) is 31.2 Å². The minimum absolute atomic E-state index is 0.351. The maximum Gasteiger partial charge on any atom is 0.419 e. The quantitative estimate of drug-likeness (QED) is 0.474. The average molecular weight is 419 g/mol. The van der Waals surface area contributed by atoms with Crippen LogP contribution in [0.2, 0.25) is 0 Å². The highest BCUT2D eigenvalue weighted by molar-refractivity contribution is 14.1. The Morgan fingerprint density at radius 1 is 1.04 bits per heavy atom. The number of nitrogens with zero attached hydrogens (tertiary/aromatic N) is 1. The van der Waals surface area contributed by atoms with Crippen LogP contribution in [0, 0.1) is 3.57 Å². The fourth-order valence-electron chi connectivity index (χ4n) is 2.56. The van der Waals surface area contributed by atoms with E-state index < -0.39 is 5.60 Å². The van der Waals surface area contributed by atoms with Crippen molar-refractivity contribution in [2.24, 2.45) is 0 Å². The summed E-state index contributed by atoms with van der Waals surface area (Å²) in [5, 5.41) is 1.07. The first kappa shape index (κ1) is 16.1. The average Bonchev–Trinajstić information content (AvgIpc) is 2.84. The van der Waals surface area contributed by atoms with E-state index in [1.165, 1.54) is 0 Å². The van der Waals surface area contributed by atoms with Crippen molar-refractivity contribution in [1.29, 1.82) is 0 Å². The summed E-state index contributed by atoms with van der Waals surface area (Å²) in [5.41, 5.74) is 2.61. The lowest BCUT2D eigenvalue weighted by Gasteiger charge is -2.19. The lowest BCUT2D eigenvalue weighted by Crippen LogP contribution is -2.26. The van der Waals surface area contributed by atoms with Crippen LogP contribution in [0.5, 0.6) is 0 Å². The molecule has 0 amide bonds. The van der Waals surface area contributed by atoms with Gasteiger partial charge in [0.15, 0.2) is 0 Å². The second-order valence-corrected chi connectivity index (χ2v) is 7.56. The number of benzene rings is 2. The van der Waals surface area contributed by atoms with E-state index in [1.807, 2.05) is 57.3 Å². The molecule has 2 aromatic carbocycles. The molecule has 0 N–H and O–H groups in total.